The molecule has 0 atom stereocenters. The first-order valence-corrected chi connectivity index (χ1v) is 4.81. The largest absolute Gasteiger partial charge is 0.384 e. The number of rotatable bonds is 5. The number of amides is 1. The van der Waals surface area contributed by atoms with Gasteiger partial charge in [-0.1, -0.05) is 0 Å². The average Bonchev–Trinajstić information content (AvgIpc) is 2.27. The predicted octanol–water partition coefficient (Wildman–Crippen LogP) is 0.888. The molecule has 0 aliphatic heterocycles. The quantitative estimate of drug-likeness (QED) is 0.390. The van der Waals surface area contributed by atoms with Gasteiger partial charge in [0, 0.05) is 24.1 Å². The molecule has 0 saturated heterocycles. The number of nitrogen functional groups attached to an aromatic ring is 1. The molecule has 4 N–H and O–H groups in total. The highest BCUT2D eigenvalue weighted by Crippen LogP contribution is 2.09. The molecule has 0 aliphatic rings. The van der Waals surface area contributed by atoms with Crippen molar-refractivity contribution in [3.8, 4) is 0 Å². The normalized spacial score (nSPS) is 9.50. The summed E-state index contributed by atoms with van der Waals surface area (Å²) in [4.78, 5) is 21.3. The van der Waals surface area contributed by atoms with Crippen molar-refractivity contribution in [3.63, 3.8) is 0 Å². The lowest BCUT2D eigenvalue weighted by Gasteiger charge is -2.04. The van der Waals surface area contributed by atoms with Gasteiger partial charge in [-0.25, -0.2) is 0 Å². The first-order chi connectivity index (χ1) is 7.63. The van der Waals surface area contributed by atoms with E-state index in [0.717, 1.165) is 0 Å². The van der Waals surface area contributed by atoms with Crippen molar-refractivity contribution in [1.29, 1.82) is 5.41 Å². The zero-order valence-electron chi connectivity index (χ0n) is 8.69. The van der Waals surface area contributed by atoms with Crippen LogP contribution in [0.1, 0.15) is 18.4 Å². The Labute approximate surface area is 93.2 Å². The maximum atomic E-state index is 11.3. The number of carbonyl (C=O) groups is 2. The van der Waals surface area contributed by atoms with Gasteiger partial charge in [-0.3, -0.25) is 10.2 Å². The van der Waals surface area contributed by atoms with Gasteiger partial charge >= 0.3 is 0 Å². The number of anilines is 1. The molecule has 1 rings (SSSR count). The Balaban J connectivity index is 2.58. The summed E-state index contributed by atoms with van der Waals surface area (Å²) in [5.74, 6) is -0.221. The molecule has 0 unspecified atom stereocenters. The Hall–Kier alpha value is -2.17. The predicted molar refractivity (Wildman–Crippen MR) is 61.4 cm³/mol. The lowest BCUT2D eigenvalue weighted by atomic mass is 10.2. The molecule has 5 heteroatoms. The van der Waals surface area contributed by atoms with Crippen LogP contribution in [0, 0.1) is 5.41 Å². The Morgan fingerprint density at radius 1 is 1.38 bits per heavy atom. The van der Waals surface area contributed by atoms with Gasteiger partial charge in [0.1, 0.15) is 12.1 Å². The fourth-order valence-corrected chi connectivity index (χ4v) is 1.15. The molecule has 0 aliphatic carbocycles. The second kappa shape index (κ2) is 5.65. The van der Waals surface area contributed by atoms with Gasteiger partial charge < -0.3 is 15.8 Å². The summed E-state index contributed by atoms with van der Waals surface area (Å²) in [5.41, 5.74) is 6.52. The molecule has 5 nitrogen and oxygen atoms in total. The van der Waals surface area contributed by atoms with Crippen LogP contribution in [0.4, 0.5) is 5.69 Å². The van der Waals surface area contributed by atoms with Crippen LogP contribution in [0.5, 0.6) is 0 Å². The number of nitrogens with two attached hydrogens (primary N) is 1. The molecule has 84 valence electrons. The zero-order valence-corrected chi connectivity index (χ0v) is 8.69. The summed E-state index contributed by atoms with van der Waals surface area (Å²) < 4.78 is 0. The Morgan fingerprint density at radius 3 is 2.50 bits per heavy atom. The minimum atomic E-state index is -0.206. The summed E-state index contributed by atoms with van der Waals surface area (Å²) in [7, 11) is 0. The van der Waals surface area contributed by atoms with Gasteiger partial charge in [-0.15, -0.1) is 0 Å². The van der Waals surface area contributed by atoms with Crippen LogP contribution < -0.4 is 11.1 Å². The summed E-state index contributed by atoms with van der Waals surface area (Å²) in [6, 6.07) is 6.63. The van der Waals surface area contributed by atoms with Crippen LogP contribution >= 0.6 is 0 Å². The third kappa shape index (κ3) is 3.53. The highest BCUT2D eigenvalue weighted by atomic mass is 16.1. The highest BCUT2D eigenvalue weighted by molar-refractivity contribution is 5.96. The van der Waals surface area contributed by atoms with Gasteiger partial charge in [0.05, 0.1) is 0 Å². The molecule has 1 aromatic rings. The van der Waals surface area contributed by atoms with Crippen molar-refractivity contribution in [1.82, 2.24) is 0 Å². The molecule has 16 heavy (non-hydrogen) atoms. The first kappa shape index (κ1) is 11.9. The van der Waals surface area contributed by atoms with E-state index in [4.69, 9.17) is 11.1 Å². The summed E-state index contributed by atoms with van der Waals surface area (Å²) in [6.07, 6.45) is 1.10. The fraction of sp³-hybridized carbons (Fsp3) is 0.182. The molecule has 0 saturated carbocycles. The van der Waals surface area contributed by atoms with Crippen molar-refractivity contribution in [2.45, 2.75) is 12.8 Å². The van der Waals surface area contributed by atoms with Crippen molar-refractivity contribution in [2.75, 3.05) is 5.32 Å². The third-order valence-electron chi connectivity index (χ3n) is 1.97. The third-order valence-corrected chi connectivity index (χ3v) is 1.97. The maximum Gasteiger partial charge on any atom is 0.224 e. The molecule has 0 fully saturated rings. The number of carbonyl (C=O) groups excluding carboxylic acids is 2. The van der Waals surface area contributed by atoms with Crippen LogP contribution in [0.15, 0.2) is 24.3 Å². The van der Waals surface area contributed by atoms with E-state index in [2.05, 4.69) is 5.32 Å². The van der Waals surface area contributed by atoms with E-state index >= 15 is 0 Å². The zero-order chi connectivity index (χ0) is 12.0. The van der Waals surface area contributed by atoms with E-state index in [1.54, 1.807) is 24.3 Å². The Morgan fingerprint density at radius 2 is 2.00 bits per heavy atom. The van der Waals surface area contributed by atoms with E-state index < -0.39 is 0 Å². The lowest BCUT2D eigenvalue weighted by Crippen LogP contribution is -2.13. The first-order valence-electron chi connectivity index (χ1n) is 4.81. The molecular formula is C11H13N3O2. The molecule has 0 spiro atoms. The standard InChI is InChI=1S/C11H13N3O2/c12-11(13)8-3-5-9(6-4-8)14-10(16)2-1-7-15/h3-7H,1-2H2,(H3,12,13)(H,14,16). The summed E-state index contributed by atoms with van der Waals surface area (Å²) >= 11 is 0. The smallest absolute Gasteiger partial charge is 0.224 e. The van der Waals surface area contributed by atoms with Crippen LogP contribution in [-0.4, -0.2) is 18.0 Å². The SMILES string of the molecule is N=C(N)c1ccc(NC(=O)CCC=O)cc1. The molecule has 1 aromatic carbocycles. The monoisotopic (exact) mass is 219 g/mol. The van der Waals surface area contributed by atoms with Crippen LogP contribution in [0.3, 0.4) is 0 Å². The van der Waals surface area contributed by atoms with E-state index in [1.807, 2.05) is 0 Å². The number of hydrogen-bond donors (Lipinski definition) is 3. The van der Waals surface area contributed by atoms with Gasteiger partial charge in [-0.05, 0) is 24.3 Å². The maximum absolute atomic E-state index is 11.3. The van der Waals surface area contributed by atoms with Gasteiger partial charge in [-0.2, -0.15) is 0 Å². The minimum Gasteiger partial charge on any atom is -0.384 e. The van der Waals surface area contributed by atoms with E-state index in [9.17, 15) is 9.59 Å². The van der Waals surface area contributed by atoms with Gasteiger partial charge in [0.2, 0.25) is 5.91 Å². The Bertz CT molecular complexity index is 398. The highest BCUT2D eigenvalue weighted by Gasteiger charge is 2.02. The number of amidine groups is 1. The Kier molecular flexibility index (Phi) is 4.20. The molecule has 0 bridgehead atoms. The van der Waals surface area contributed by atoms with E-state index in [-0.39, 0.29) is 24.6 Å². The number of nitrogens with one attached hydrogen (secondary N) is 2. The lowest BCUT2D eigenvalue weighted by molar-refractivity contribution is -0.118. The number of aldehydes is 1. The second-order valence-electron chi connectivity index (χ2n) is 3.24. The summed E-state index contributed by atoms with van der Waals surface area (Å²) in [6.45, 7) is 0. The van der Waals surface area contributed by atoms with E-state index in [1.165, 1.54) is 0 Å². The molecular weight excluding hydrogens is 206 g/mol. The van der Waals surface area contributed by atoms with Crippen molar-refractivity contribution in [2.24, 2.45) is 5.73 Å². The molecule has 0 heterocycles. The fourth-order valence-electron chi connectivity index (χ4n) is 1.15. The van der Waals surface area contributed by atoms with Crippen LogP contribution in [-0.2, 0) is 9.59 Å². The van der Waals surface area contributed by atoms with Gasteiger partial charge in [0.25, 0.3) is 0 Å². The second-order valence-corrected chi connectivity index (χ2v) is 3.24. The summed E-state index contributed by atoms with van der Waals surface area (Å²) in [5, 5.41) is 9.82. The molecule has 0 radical (unpaired) electrons. The average molecular weight is 219 g/mol. The van der Waals surface area contributed by atoms with Crippen molar-refractivity contribution < 1.29 is 9.59 Å². The molecule has 0 aromatic heterocycles. The van der Waals surface area contributed by atoms with Crippen molar-refractivity contribution >= 4 is 23.7 Å². The van der Waals surface area contributed by atoms with Crippen LogP contribution in [0.2, 0.25) is 0 Å². The van der Waals surface area contributed by atoms with Gasteiger partial charge in [0.15, 0.2) is 0 Å². The van der Waals surface area contributed by atoms with Crippen LogP contribution in [0.25, 0.3) is 0 Å². The number of benzene rings is 1. The number of hydrogen-bond acceptors (Lipinski definition) is 3. The molecule has 1 amide bonds. The minimum absolute atomic E-state index is 0.0150. The topological polar surface area (TPSA) is 96.0 Å². The van der Waals surface area contributed by atoms with Crippen molar-refractivity contribution in [3.05, 3.63) is 29.8 Å². The van der Waals surface area contributed by atoms with E-state index in [0.29, 0.717) is 17.5 Å².